The summed E-state index contributed by atoms with van der Waals surface area (Å²) in [6.45, 7) is 3.08. The van der Waals surface area contributed by atoms with Crippen molar-refractivity contribution in [3.8, 4) is 0 Å². The molecule has 2 atom stereocenters. The van der Waals surface area contributed by atoms with Gasteiger partial charge >= 0.3 is 12.0 Å². The lowest BCUT2D eigenvalue weighted by Crippen LogP contribution is -2.41. The summed E-state index contributed by atoms with van der Waals surface area (Å²) in [5, 5.41) is 11.5. The number of hydrogen-bond acceptors (Lipinski definition) is 3. The highest BCUT2D eigenvalue weighted by Crippen LogP contribution is 2.15. The van der Waals surface area contributed by atoms with Gasteiger partial charge < -0.3 is 20.1 Å². The number of amides is 2. The third-order valence-corrected chi connectivity index (χ3v) is 2.77. The Morgan fingerprint density at radius 3 is 2.81 bits per heavy atom. The second kappa shape index (κ2) is 5.69. The lowest BCUT2D eigenvalue weighted by atomic mass is 10.1. The van der Waals surface area contributed by atoms with E-state index in [1.165, 1.54) is 4.90 Å². The van der Waals surface area contributed by atoms with Gasteiger partial charge in [0.1, 0.15) is 0 Å². The SMILES string of the molecule is COC(C)CNC(=O)N1CCC(C(=O)O)C1. The number of hydrogen-bond donors (Lipinski definition) is 2. The summed E-state index contributed by atoms with van der Waals surface area (Å²) in [7, 11) is 1.58. The third kappa shape index (κ3) is 3.37. The van der Waals surface area contributed by atoms with E-state index in [-0.39, 0.29) is 12.1 Å². The van der Waals surface area contributed by atoms with Crippen LogP contribution in [0.5, 0.6) is 0 Å². The Morgan fingerprint density at radius 2 is 2.31 bits per heavy atom. The number of ether oxygens (including phenoxy) is 1. The summed E-state index contributed by atoms with van der Waals surface area (Å²) in [4.78, 5) is 23.8. The number of carbonyl (C=O) groups is 2. The summed E-state index contributed by atoms with van der Waals surface area (Å²) in [5.41, 5.74) is 0. The van der Waals surface area contributed by atoms with E-state index >= 15 is 0 Å². The van der Waals surface area contributed by atoms with Gasteiger partial charge in [-0.3, -0.25) is 4.79 Å². The van der Waals surface area contributed by atoms with Crippen molar-refractivity contribution >= 4 is 12.0 Å². The quantitative estimate of drug-likeness (QED) is 0.720. The Balaban J connectivity index is 2.31. The molecule has 2 unspecified atom stereocenters. The predicted molar refractivity (Wildman–Crippen MR) is 57.2 cm³/mol. The molecule has 0 aromatic rings. The van der Waals surface area contributed by atoms with E-state index in [0.717, 1.165) is 0 Å². The van der Waals surface area contributed by atoms with Crippen LogP contribution in [0.15, 0.2) is 0 Å². The van der Waals surface area contributed by atoms with Gasteiger partial charge in [0.15, 0.2) is 0 Å². The van der Waals surface area contributed by atoms with Gasteiger partial charge in [-0.15, -0.1) is 0 Å². The van der Waals surface area contributed by atoms with Crippen molar-refractivity contribution in [1.82, 2.24) is 10.2 Å². The molecule has 0 spiro atoms. The molecule has 1 heterocycles. The molecule has 6 heteroatoms. The molecule has 2 amide bonds. The number of aliphatic carboxylic acids is 1. The molecule has 1 aliphatic heterocycles. The minimum atomic E-state index is -0.833. The highest BCUT2D eigenvalue weighted by atomic mass is 16.5. The van der Waals surface area contributed by atoms with Crippen LogP contribution in [0.3, 0.4) is 0 Å². The van der Waals surface area contributed by atoms with E-state index < -0.39 is 11.9 Å². The molecular weight excluding hydrogens is 212 g/mol. The molecular formula is C10H18N2O4. The van der Waals surface area contributed by atoms with Crippen LogP contribution in [0.25, 0.3) is 0 Å². The van der Waals surface area contributed by atoms with E-state index in [1.807, 2.05) is 6.92 Å². The van der Waals surface area contributed by atoms with E-state index in [2.05, 4.69) is 5.32 Å². The summed E-state index contributed by atoms with van der Waals surface area (Å²) in [6, 6.07) is -0.215. The third-order valence-electron chi connectivity index (χ3n) is 2.77. The van der Waals surface area contributed by atoms with Crippen molar-refractivity contribution in [2.75, 3.05) is 26.7 Å². The average Bonchev–Trinajstić information content (AvgIpc) is 2.74. The first-order valence-corrected chi connectivity index (χ1v) is 5.33. The molecule has 0 aliphatic carbocycles. The van der Waals surface area contributed by atoms with Crippen molar-refractivity contribution in [2.24, 2.45) is 5.92 Å². The number of nitrogens with zero attached hydrogens (tertiary/aromatic N) is 1. The lowest BCUT2D eigenvalue weighted by Gasteiger charge is -2.18. The first-order valence-electron chi connectivity index (χ1n) is 5.33. The van der Waals surface area contributed by atoms with Crippen LogP contribution in [-0.4, -0.2) is 54.9 Å². The largest absolute Gasteiger partial charge is 0.481 e. The number of nitrogens with one attached hydrogen (secondary N) is 1. The van der Waals surface area contributed by atoms with Crippen molar-refractivity contribution in [3.05, 3.63) is 0 Å². The monoisotopic (exact) mass is 230 g/mol. The molecule has 6 nitrogen and oxygen atoms in total. The Hall–Kier alpha value is -1.30. The summed E-state index contributed by atoms with van der Waals surface area (Å²) >= 11 is 0. The zero-order valence-corrected chi connectivity index (χ0v) is 9.60. The Labute approximate surface area is 94.6 Å². The van der Waals surface area contributed by atoms with Gasteiger partial charge in [0.2, 0.25) is 0 Å². The van der Waals surface area contributed by atoms with E-state index in [9.17, 15) is 9.59 Å². The van der Waals surface area contributed by atoms with E-state index in [1.54, 1.807) is 7.11 Å². The van der Waals surface area contributed by atoms with Crippen LogP contribution in [0, 0.1) is 5.92 Å². The smallest absolute Gasteiger partial charge is 0.317 e. The van der Waals surface area contributed by atoms with Gasteiger partial charge in [0, 0.05) is 26.7 Å². The molecule has 2 N–H and O–H groups in total. The fraction of sp³-hybridized carbons (Fsp3) is 0.800. The van der Waals surface area contributed by atoms with Crippen LogP contribution in [0.4, 0.5) is 4.79 Å². The predicted octanol–water partition coefficient (Wildman–Crippen LogP) is 0.137. The zero-order chi connectivity index (χ0) is 12.1. The Bertz CT molecular complexity index is 270. The van der Waals surface area contributed by atoms with Crippen LogP contribution >= 0.6 is 0 Å². The summed E-state index contributed by atoms with van der Waals surface area (Å²) in [6.07, 6.45) is 0.490. The van der Waals surface area contributed by atoms with Crippen LogP contribution < -0.4 is 5.32 Å². The maximum absolute atomic E-state index is 11.6. The molecule has 0 radical (unpaired) electrons. The van der Waals surface area contributed by atoms with E-state index in [0.29, 0.717) is 26.1 Å². The van der Waals surface area contributed by atoms with Crippen molar-refractivity contribution in [1.29, 1.82) is 0 Å². The number of rotatable bonds is 4. The fourth-order valence-electron chi connectivity index (χ4n) is 1.57. The van der Waals surface area contributed by atoms with Gasteiger partial charge in [0.05, 0.1) is 12.0 Å². The molecule has 1 saturated heterocycles. The fourth-order valence-corrected chi connectivity index (χ4v) is 1.57. The van der Waals surface area contributed by atoms with Gasteiger partial charge in [-0.1, -0.05) is 0 Å². The number of carboxylic acids is 1. The highest BCUT2D eigenvalue weighted by Gasteiger charge is 2.30. The number of carbonyl (C=O) groups excluding carboxylic acids is 1. The summed E-state index contributed by atoms with van der Waals surface area (Å²) < 4.78 is 5.00. The second-order valence-electron chi connectivity index (χ2n) is 4.00. The topological polar surface area (TPSA) is 78.9 Å². The minimum Gasteiger partial charge on any atom is -0.481 e. The minimum absolute atomic E-state index is 0.0400. The highest BCUT2D eigenvalue weighted by molar-refractivity contribution is 5.77. The van der Waals surface area contributed by atoms with Gasteiger partial charge in [-0.2, -0.15) is 0 Å². The van der Waals surface area contributed by atoms with Gasteiger partial charge in [0.25, 0.3) is 0 Å². The normalized spacial score (nSPS) is 21.9. The first kappa shape index (κ1) is 12.8. The lowest BCUT2D eigenvalue weighted by molar-refractivity contribution is -0.141. The van der Waals surface area contributed by atoms with Crippen molar-refractivity contribution in [3.63, 3.8) is 0 Å². The van der Waals surface area contributed by atoms with E-state index in [4.69, 9.17) is 9.84 Å². The summed E-state index contributed by atoms with van der Waals surface area (Å²) in [5.74, 6) is -1.26. The van der Waals surface area contributed by atoms with Crippen molar-refractivity contribution in [2.45, 2.75) is 19.4 Å². The molecule has 0 bridgehead atoms. The molecule has 0 aromatic heterocycles. The standard InChI is InChI=1S/C10H18N2O4/c1-7(16-2)5-11-10(15)12-4-3-8(6-12)9(13)14/h7-8H,3-6H2,1-2H3,(H,11,15)(H,13,14). The number of methoxy groups -OCH3 is 1. The molecule has 1 fully saturated rings. The molecule has 16 heavy (non-hydrogen) atoms. The van der Waals surface area contributed by atoms with Crippen LogP contribution in [0.1, 0.15) is 13.3 Å². The molecule has 0 saturated carbocycles. The number of carboxylic acid groups (broad SMARTS) is 1. The van der Waals surface area contributed by atoms with Crippen LogP contribution in [-0.2, 0) is 9.53 Å². The molecule has 92 valence electrons. The zero-order valence-electron chi connectivity index (χ0n) is 9.60. The van der Waals surface area contributed by atoms with Gasteiger partial charge in [-0.05, 0) is 13.3 Å². The maximum Gasteiger partial charge on any atom is 0.317 e. The Kier molecular flexibility index (Phi) is 4.54. The molecule has 1 rings (SSSR count). The number of likely N-dealkylation sites (tertiary alicyclic amines) is 1. The molecule has 0 aromatic carbocycles. The van der Waals surface area contributed by atoms with Crippen molar-refractivity contribution < 1.29 is 19.4 Å². The average molecular weight is 230 g/mol. The van der Waals surface area contributed by atoms with Gasteiger partial charge in [-0.25, -0.2) is 4.79 Å². The molecule has 1 aliphatic rings. The van der Waals surface area contributed by atoms with Crippen LogP contribution in [0.2, 0.25) is 0 Å². The number of urea groups is 1. The first-order chi connectivity index (χ1) is 7.54. The maximum atomic E-state index is 11.6. The second-order valence-corrected chi connectivity index (χ2v) is 4.00. The Morgan fingerprint density at radius 1 is 1.62 bits per heavy atom.